The van der Waals surface area contributed by atoms with Gasteiger partial charge in [-0.1, -0.05) is 152 Å². The molecular formula is C53H73NO9Si2. The molecule has 1 N–H and O–H groups in total. The number of carbonyl (C=O) groups excluding carboxylic acids is 3. The van der Waals surface area contributed by atoms with Gasteiger partial charge in [0.1, 0.15) is 23.6 Å². The molecule has 0 fully saturated rings. The van der Waals surface area contributed by atoms with Crippen molar-refractivity contribution in [3.05, 3.63) is 132 Å². The molecule has 0 saturated carbocycles. The topological polar surface area (TPSA) is 119 Å². The SMILES string of the molecule is COc1ccc(CO[C@@H](CC(C)C)C(=O)O[C@@H](C/C=C/C(=O)N[C@H](Cc2ccc(OC)cc2)C(=O)OCC[Si](C)(C)C)[C@H](C)CO[Si](c2ccccc2)(c2ccccc2)C(C)(C)C)cc1. The van der Waals surface area contributed by atoms with Crippen molar-refractivity contribution in [2.75, 3.05) is 27.4 Å². The predicted molar refractivity (Wildman–Crippen MR) is 265 cm³/mol. The second-order valence-electron chi connectivity index (χ2n) is 19.4. The fourth-order valence-electron chi connectivity index (χ4n) is 7.60. The van der Waals surface area contributed by atoms with Crippen LogP contribution < -0.4 is 25.2 Å². The molecule has 4 rings (SSSR count). The van der Waals surface area contributed by atoms with Crippen LogP contribution in [0.3, 0.4) is 0 Å². The van der Waals surface area contributed by atoms with E-state index in [2.05, 4.69) is 94.3 Å². The number of benzene rings is 4. The van der Waals surface area contributed by atoms with Crippen molar-refractivity contribution in [1.29, 1.82) is 0 Å². The van der Waals surface area contributed by atoms with Crippen LogP contribution >= 0.6 is 0 Å². The van der Waals surface area contributed by atoms with Gasteiger partial charge in [0, 0.05) is 33.4 Å². The van der Waals surface area contributed by atoms with Crippen molar-refractivity contribution in [3.8, 4) is 11.5 Å². The van der Waals surface area contributed by atoms with Crippen molar-refractivity contribution < 1.29 is 42.5 Å². The molecule has 0 spiro atoms. The number of hydrogen-bond donors (Lipinski definition) is 1. The third kappa shape index (κ3) is 16.4. The molecule has 0 saturated heterocycles. The maximum atomic E-state index is 14.2. The lowest BCUT2D eigenvalue weighted by atomic mass is 10.0. The van der Waals surface area contributed by atoms with Gasteiger partial charge in [0.2, 0.25) is 5.91 Å². The summed E-state index contributed by atoms with van der Waals surface area (Å²) in [4.78, 5) is 41.4. The maximum absolute atomic E-state index is 14.2. The standard InChI is InChI=1S/C53H73NO9Si2/c1-39(2)35-49(61-38-42-27-31-44(59-8)32-28-42)52(57)63-48(40(3)37-62-65(53(4,5)6,45-19-14-12-15-20-45)46-21-16-13-17-22-46)23-18-24-50(55)54-47(51(56)60-33-34-64(9,10)11)36-41-25-29-43(58-7)30-26-41/h12-22,24-32,39-40,47-49H,23,33-38H2,1-11H3,(H,54,55)/b24-18+/t40-,47-,48+,49+/m1/s1. The van der Waals surface area contributed by atoms with E-state index in [1.165, 1.54) is 6.08 Å². The first kappa shape index (κ1) is 52.6. The molecule has 0 aliphatic heterocycles. The molecule has 0 heterocycles. The summed E-state index contributed by atoms with van der Waals surface area (Å²) in [6.07, 6.45) is 2.48. The van der Waals surface area contributed by atoms with Crippen LogP contribution in [-0.2, 0) is 46.0 Å². The summed E-state index contributed by atoms with van der Waals surface area (Å²) in [6.45, 7) is 20.2. The van der Waals surface area contributed by atoms with Gasteiger partial charge in [-0.3, -0.25) is 4.79 Å². The van der Waals surface area contributed by atoms with E-state index in [1.807, 2.05) is 81.4 Å². The van der Waals surface area contributed by atoms with Crippen LogP contribution in [0, 0.1) is 11.8 Å². The second-order valence-corrected chi connectivity index (χ2v) is 29.4. The largest absolute Gasteiger partial charge is 0.497 e. The highest BCUT2D eigenvalue weighted by Gasteiger charge is 2.50. The van der Waals surface area contributed by atoms with Crippen LogP contribution in [0.25, 0.3) is 0 Å². The molecule has 12 heteroatoms. The predicted octanol–water partition coefficient (Wildman–Crippen LogP) is 9.31. The number of ether oxygens (including phenoxy) is 5. The van der Waals surface area contributed by atoms with Crippen LogP contribution in [0.5, 0.6) is 11.5 Å². The molecule has 352 valence electrons. The number of nitrogens with one attached hydrogen (secondary N) is 1. The molecule has 1 amide bonds. The number of methoxy groups -OCH3 is 2. The van der Waals surface area contributed by atoms with Gasteiger partial charge in [-0.25, -0.2) is 9.59 Å². The summed E-state index contributed by atoms with van der Waals surface area (Å²) in [6, 6.07) is 35.6. The van der Waals surface area contributed by atoms with Gasteiger partial charge in [0.15, 0.2) is 6.10 Å². The lowest BCUT2D eigenvalue weighted by Crippen LogP contribution is -2.67. The van der Waals surface area contributed by atoms with Crippen LogP contribution in [0.15, 0.2) is 121 Å². The molecule has 0 radical (unpaired) electrons. The van der Waals surface area contributed by atoms with Gasteiger partial charge in [0.25, 0.3) is 8.32 Å². The number of rotatable bonds is 25. The molecule has 4 aromatic rings. The average molecular weight is 924 g/mol. The van der Waals surface area contributed by atoms with Gasteiger partial charge in [-0.15, -0.1) is 0 Å². The molecule has 0 aliphatic carbocycles. The number of amides is 1. The molecule has 0 aliphatic rings. The monoisotopic (exact) mass is 923 g/mol. The smallest absolute Gasteiger partial charge is 0.335 e. The Balaban J connectivity index is 1.61. The van der Waals surface area contributed by atoms with Crippen LogP contribution in [-0.4, -0.2) is 79.9 Å². The van der Waals surface area contributed by atoms with E-state index in [1.54, 1.807) is 20.3 Å². The molecule has 4 atom stereocenters. The van der Waals surface area contributed by atoms with E-state index < -0.39 is 52.5 Å². The third-order valence-electron chi connectivity index (χ3n) is 11.4. The highest BCUT2D eigenvalue weighted by atomic mass is 28.4. The Morgan fingerprint density at radius 2 is 1.26 bits per heavy atom. The fraction of sp³-hybridized carbons (Fsp3) is 0.453. The first-order chi connectivity index (χ1) is 30.8. The normalized spacial score (nSPS) is 14.0. The zero-order valence-electron chi connectivity index (χ0n) is 40.6. The van der Waals surface area contributed by atoms with Crippen molar-refractivity contribution in [2.24, 2.45) is 11.8 Å². The Hall–Kier alpha value is -5.02. The summed E-state index contributed by atoms with van der Waals surface area (Å²) in [5.74, 6) is -0.173. The molecule has 4 aromatic carbocycles. The minimum atomic E-state index is -2.94. The van der Waals surface area contributed by atoms with Gasteiger partial charge in [0.05, 0.1) is 27.4 Å². The lowest BCUT2D eigenvalue weighted by molar-refractivity contribution is -0.167. The fourth-order valence-corrected chi connectivity index (χ4v) is 13.0. The third-order valence-corrected chi connectivity index (χ3v) is 18.1. The molecule has 65 heavy (non-hydrogen) atoms. The van der Waals surface area contributed by atoms with Gasteiger partial charge in [-0.2, -0.15) is 0 Å². The zero-order valence-corrected chi connectivity index (χ0v) is 42.6. The zero-order chi connectivity index (χ0) is 47.6. The van der Waals surface area contributed by atoms with Crippen LogP contribution in [0.2, 0.25) is 30.7 Å². The highest BCUT2D eigenvalue weighted by molar-refractivity contribution is 6.99. The summed E-state index contributed by atoms with van der Waals surface area (Å²) in [5.41, 5.74) is 1.74. The Morgan fingerprint density at radius 3 is 1.75 bits per heavy atom. The van der Waals surface area contributed by atoms with E-state index >= 15 is 0 Å². The Kier molecular flexibility index (Phi) is 20.3. The number of hydrogen-bond acceptors (Lipinski definition) is 9. The second kappa shape index (κ2) is 25.0. The van der Waals surface area contributed by atoms with E-state index in [0.717, 1.165) is 33.3 Å². The van der Waals surface area contributed by atoms with Crippen molar-refractivity contribution >= 4 is 44.6 Å². The average Bonchev–Trinajstić information content (AvgIpc) is 3.27. The van der Waals surface area contributed by atoms with Crippen LogP contribution in [0.1, 0.15) is 65.5 Å². The van der Waals surface area contributed by atoms with Crippen molar-refractivity contribution in [2.45, 2.75) is 116 Å². The minimum absolute atomic E-state index is 0.148. The summed E-state index contributed by atoms with van der Waals surface area (Å²) >= 11 is 0. The Morgan fingerprint density at radius 1 is 0.723 bits per heavy atom. The Labute approximate surface area is 390 Å². The molecule has 0 bridgehead atoms. The molecule has 10 nitrogen and oxygen atoms in total. The minimum Gasteiger partial charge on any atom is -0.497 e. The van der Waals surface area contributed by atoms with Gasteiger partial charge >= 0.3 is 11.9 Å². The number of carbonyl (C=O) groups is 3. The lowest BCUT2D eigenvalue weighted by Gasteiger charge is -2.44. The van der Waals surface area contributed by atoms with E-state index in [0.29, 0.717) is 18.8 Å². The van der Waals surface area contributed by atoms with Crippen molar-refractivity contribution in [3.63, 3.8) is 0 Å². The Bertz CT molecular complexity index is 2040. The first-order valence-corrected chi connectivity index (χ1v) is 28.4. The molecule has 0 aromatic heterocycles. The quantitative estimate of drug-likeness (QED) is 0.0394. The van der Waals surface area contributed by atoms with Crippen LogP contribution in [0.4, 0.5) is 0 Å². The van der Waals surface area contributed by atoms with E-state index in [-0.39, 0.29) is 42.9 Å². The molecule has 0 unspecified atom stereocenters. The van der Waals surface area contributed by atoms with E-state index in [9.17, 15) is 14.4 Å². The summed E-state index contributed by atoms with van der Waals surface area (Å²) in [7, 11) is -1.20. The number of esters is 2. The first-order valence-electron chi connectivity index (χ1n) is 22.8. The van der Waals surface area contributed by atoms with E-state index in [4.69, 9.17) is 28.1 Å². The molecular weight excluding hydrogens is 851 g/mol. The highest BCUT2D eigenvalue weighted by Crippen LogP contribution is 2.37. The summed E-state index contributed by atoms with van der Waals surface area (Å²) < 4.78 is 36.4. The maximum Gasteiger partial charge on any atom is 0.335 e. The van der Waals surface area contributed by atoms with Gasteiger partial charge in [-0.05, 0) is 75.3 Å². The van der Waals surface area contributed by atoms with Crippen molar-refractivity contribution in [1.82, 2.24) is 5.32 Å². The summed E-state index contributed by atoms with van der Waals surface area (Å²) in [5, 5.41) is 4.90. The van der Waals surface area contributed by atoms with Gasteiger partial charge < -0.3 is 33.4 Å².